The molecule has 0 unspecified atom stereocenters. The summed E-state index contributed by atoms with van der Waals surface area (Å²) >= 11 is 0. The number of benzene rings is 1. The molecule has 0 aromatic heterocycles. The molecule has 36 heavy (non-hydrogen) atoms. The third kappa shape index (κ3) is 7.08. The summed E-state index contributed by atoms with van der Waals surface area (Å²) in [6, 6.07) is 5.36. The number of hydrogen-bond donors (Lipinski definition) is 2. The Bertz CT molecular complexity index is 979. The maximum Gasteiger partial charge on any atom is 0.239 e. The second kappa shape index (κ2) is 12.4. The van der Waals surface area contributed by atoms with E-state index in [1.165, 1.54) is 51.4 Å². The maximum atomic E-state index is 12.8. The minimum Gasteiger partial charge on any atom is -0.369 e. The van der Waals surface area contributed by atoms with E-state index < -0.39 is 0 Å². The summed E-state index contributed by atoms with van der Waals surface area (Å²) in [5, 5.41) is 3.01. The van der Waals surface area contributed by atoms with Crippen LogP contribution in [0.5, 0.6) is 0 Å². The highest BCUT2D eigenvalue weighted by Crippen LogP contribution is 2.28. The number of nitrogens with one attached hydrogen (secondary N) is 1. The van der Waals surface area contributed by atoms with Gasteiger partial charge in [0.25, 0.3) is 0 Å². The first-order valence-corrected chi connectivity index (χ1v) is 13.6. The van der Waals surface area contributed by atoms with E-state index >= 15 is 0 Å². The third-order valence-electron chi connectivity index (χ3n) is 8.00. The number of carbonyl (C=O) groups is 3. The van der Waals surface area contributed by atoms with Crippen LogP contribution in [0.25, 0.3) is 0 Å². The quantitative estimate of drug-likeness (QED) is 0.455. The Morgan fingerprint density at radius 2 is 1.75 bits per heavy atom. The molecule has 0 atom stereocenters. The number of amides is 2. The van der Waals surface area contributed by atoms with Gasteiger partial charge >= 0.3 is 0 Å². The topological polar surface area (TPSA) is 108 Å². The second-order valence-corrected chi connectivity index (χ2v) is 10.8. The van der Waals surface area contributed by atoms with Gasteiger partial charge in [0.15, 0.2) is 11.7 Å². The van der Waals surface area contributed by atoms with E-state index in [2.05, 4.69) is 10.3 Å². The van der Waals surface area contributed by atoms with Gasteiger partial charge in [-0.15, -0.1) is 0 Å². The lowest BCUT2D eigenvalue weighted by Gasteiger charge is -2.28. The van der Waals surface area contributed by atoms with E-state index in [1.54, 1.807) is 21.9 Å². The number of nitrogens with two attached hydrogens (primary N) is 1. The van der Waals surface area contributed by atoms with Gasteiger partial charge in [-0.3, -0.25) is 14.4 Å². The van der Waals surface area contributed by atoms with Gasteiger partial charge in [0.1, 0.15) is 0 Å². The van der Waals surface area contributed by atoms with Crippen molar-refractivity contribution in [2.75, 3.05) is 26.7 Å². The molecule has 1 aromatic carbocycles. The number of nitrogens with zero attached hydrogens (tertiary/aromatic N) is 3. The average Bonchev–Trinajstić information content (AvgIpc) is 3.57. The van der Waals surface area contributed by atoms with Crippen molar-refractivity contribution in [3.05, 3.63) is 29.3 Å². The Labute approximate surface area is 214 Å². The smallest absolute Gasteiger partial charge is 0.239 e. The van der Waals surface area contributed by atoms with Crippen LogP contribution in [0.1, 0.15) is 86.6 Å². The molecule has 0 radical (unpaired) electrons. The number of Topliss-reactive ketones (excluding diaryl/α,β-unsaturated/α-hetero) is 1. The van der Waals surface area contributed by atoms with Gasteiger partial charge < -0.3 is 20.9 Å². The molecule has 2 fully saturated rings. The van der Waals surface area contributed by atoms with Crippen LogP contribution in [-0.2, 0) is 16.1 Å². The molecule has 196 valence electrons. The summed E-state index contributed by atoms with van der Waals surface area (Å²) in [6.07, 6.45) is 11.5. The van der Waals surface area contributed by atoms with Gasteiger partial charge in [0, 0.05) is 45.1 Å². The van der Waals surface area contributed by atoms with Crippen LogP contribution in [0.2, 0.25) is 0 Å². The fourth-order valence-electron chi connectivity index (χ4n) is 5.79. The fraction of sp³-hybridized carbons (Fsp3) is 0.643. The van der Waals surface area contributed by atoms with Crippen LogP contribution in [-0.4, -0.2) is 60.0 Å². The minimum absolute atomic E-state index is 0.0238. The lowest BCUT2D eigenvalue weighted by molar-refractivity contribution is -0.130. The van der Waals surface area contributed by atoms with Crippen molar-refractivity contribution in [2.45, 2.75) is 77.2 Å². The zero-order chi connectivity index (χ0) is 25.5. The zero-order valence-corrected chi connectivity index (χ0v) is 21.6. The summed E-state index contributed by atoms with van der Waals surface area (Å²) in [5.74, 6) is 1.54. The standard InChI is InChI=1S/C28H41N5O3/c1-32(17-21-8-4-5-9-21)27(36)13-12-25(34)22-10-11-24-23(16-22)18-33(28(29)31-24)19-26(35)30-15-14-20-6-2-3-7-20/h10-11,16,20-21H,2-9,12-15,17-19H2,1H3,(H2,29,31)(H,30,35). The van der Waals surface area contributed by atoms with Gasteiger partial charge in [0.05, 0.1) is 12.2 Å². The number of ketones is 1. The van der Waals surface area contributed by atoms with Crippen molar-refractivity contribution >= 4 is 29.2 Å². The van der Waals surface area contributed by atoms with Crippen LogP contribution >= 0.6 is 0 Å². The Morgan fingerprint density at radius 1 is 1.06 bits per heavy atom. The normalized spacial score (nSPS) is 18.1. The van der Waals surface area contributed by atoms with Gasteiger partial charge in [-0.2, -0.15) is 0 Å². The highest BCUT2D eigenvalue weighted by atomic mass is 16.2. The van der Waals surface area contributed by atoms with Crippen molar-refractivity contribution in [3.8, 4) is 0 Å². The van der Waals surface area contributed by atoms with Gasteiger partial charge in [0.2, 0.25) is 11.8 Å². The molecule has 2 amide bonds. The largest absolute Gasteiger partial charge is 0.369 e. The van der Waals surface area contributed by atoms with Crippen LogP contribution < -0.4 is 11.1 Å². The second-order valence-electron chi connectivity index (χ2n) is 10.8. The molecule has 1 aromatic rings. The first kappa shape index (κ1) is 26.2. The predicted molar refractivity (Wildman–Crippen MR) is 141 cm³/mol. The van der Waals surface area contributed by atoms with Crippen molar-refractivity contribution in [1.29, 1.82) is 0 Å². The SMILES string of the molecule is CN(CC1CCCC1)C(=O)CCC(=O)c1ccc2c(c1)CN(CC(=O)NCCC1CCCC1)C(N)=N2. The lowest BCUT2D eigenvalue weighted by Crippen LogP contribution is -2.45. The molecule has 3 aliphatic rings. The van der Waals surface area contributed by atoms with Gasteiger partial charge in [-0.25, -0.2) is 4.99 Å². The number of hydrogen-bond acceptors (Lipinski definition) is 6. The van der Waals surface area contributed by atoms with E-state index in [0.29, 0.717) is 36.2 Å². The molecule has 4 rings (SSSR count). The van der Waals surface area contributed by atoms with Crippen LogP contribution in [0, 0.1) is 11.8 Å². The van der Waals surface area contributed by atoms with Crippen LogP contribution in [0.3, 0.4) is 0 Å². The number of carbonyl (C=O) groups excluding carboxylic acids is 3. The van der Waals surface area contributed by atoms with Crippen molar-refractivity contribution in [1.82, 2.24) is 15.1 Å². The summed E-state index contributed by atoms with van der Waals surface area (Å²) in [6.45, 7) is 2.04. The molecule has 0 bridgehead atoms. The Balaban J connectivity index is 1.26. The summed E-state index contributed by atoms with van der Waals surface area (Å²) in [4.78, 5) is 45.8. The minimum atomic E-state index is -0.0675. The molecular weight excluding hydrogens is 454 g/mol. The van der Waals surface area contributed by atoms with Gasteiger partial charge in [-0.1, -0.05) is 38.5 Å². The molecular formula is C28H41N5O3. The summed E-state index contributed by atoms with van der Waals surface area (Å²) in [7, 11) is 1.84. The Kier molecular flexibility index (Phi) is 8.99. The average molecular weight is 496 g/mol. The number of aliphatic imine (C=N–C) groups is 1. The summed E-state index contributed by atoms with van der Waals surface area (Å²) < 4.78 is 0. The first-order chi connectivity index (χ1) is 17.4. The molecule has 2 saturated carbocycles. The zero-order valence-electron chi connectivity index (χ0n) is 21.6. The van der Waals surface area contributed by atoms with Crippen molar-refractivity contribution < 1.29 is 14.4 Å². The Hall–Kier alpha value is -2.90. The number of fused-ring (bicyclic) bond motifs is 1. The van der Waals surface area contributed by atoms with E-state index in [0.717, 1.165) is 24.4 Å². The third-order valence-corrected chi connectivity index (χ3v) is 8.00. The molecule has 0 spiro atoms. The molecule has 8 heteroatoms. The molecule has 3 N–H and O–H groups in total. The van der Waals surface area contributed by atoms with Crippen molar-refractivity contribution in [2.24, 2.45) is 22.6 Å². The molecule has 0 saturated heterocycles. The molecule has 8 nitrogen and oxygen atoms in total. The Morgan fingerprint density at radius 3 is 2.47 bits per heavy atom. The van der Waals surface area contributed by atoms with Crippen LogP contribution in [0.4, 0.5) is 5.69 Å². The summed E-state index contributed by atoms with van der Waals surface area (Å²) in [5.41, 5.74) is 8.27. The van der Waals surface area contributed by atoms with E-state index in [4.69, 9.17) is 5.73 Å². The van der Waals surface area contributed by atoms with E-state index in [-0.39, 0.29) is 37.0 Å². The maximum absolute atomic E-state index is 12.8. The number of guanidine groups is 1. The highest BCUT2D eigenvalue weighted by Gasteiger charge is 2.23. The monoisotopic (exact) mass is 495 g/mol. The van der Waals surface area contributed by atoms with E-state index in [1.807, 2.05) is 13.1 Å². The molecule has 1 heterocycles. The molecule has 2 aliphatic carbocycles. The predicted octanol–water partition coefficient (Wildman–Crippen LogP) is 3.76. The number of rotatable bonds is 11. The first-order valence-electron chi connectivity index (χ1n) is 13.6. The lowest BCUT2D eigenvalue weighted by atomic mass is 10.0. The van der Waals surface area contributed by atoms with E-state index in [9.17, 15) is 14.4 Å². The fourth-order valence-corrected chi connectivity index (χ4v) is 5.79. The van der Waals surface area contributed by atoms with Gasteiger partial charge in [-0.05, 0) is 54.9 Å². The van der Waals surface area contributed by atoms with Crippen LogP contribution in [0.15, 0.2) is 23.2 Å². The highest BCUT2D eigenvalue weighted by molar-refractivity contribution is 5.99. The van der Waals surface area contributed by atoms with Crippen molar-refractivity contribution in [3.63, 3.8) is 0 Å². The molecule has 1 aliphatic heterocycles.